The van der Waals surface area contributed by atoms with Gasteiger partial charge in [0, 0.05) is 45.2 Å². The van der Waals surface area contributed by atoms with Crippen molar-refractivity contribution < 1.29 is 14.4 Å². The fraction of sp³-hybridized carbons (Fsp3) is 0.308. The summed E-state index contributed by atoms with van der Waals surface area (Å²) in [5.41, 5.74) is 3.85. The molecule has 2 N–H and O–H groups in total. The van der Waals surface area contributed by atoms with E-state index >= 15 is 0 Å². The largest absolute Gasteiger partial charge is 0.352 e. The maximum absolute atomic E-state index is 13.1. The lowest BCUT2D eigenvalue weighted by Gasteiger charge is -2.20. The van der Waals surface area contributed by atoms with Crippen LogP contribution in [0, 0.1) is 6.92 Å². The first kappa shape index (κ1) is 23.2. The standard InChI is InChI=1S/C26H29N5O3/c1-19-8-10-21(11-9-19)18-30-14-5-15-31-23(26(30)34)16-22(29-31)25(33)27-13-12-24(32)28-17-20-6-3-2-4-7-20/h2-4,6-11,16H,5,12-15,17-18H2,1H3,(H,27,33)(H,28,32). The lowest BCUT2D eigenvalue weighted by atomic mass is 10.1. The van der Waals surface area contributed by atoms with Gasteiger partial charge in [-0.25, -0.2) is 0 Å². The van der Waals surface area contributed by atoms with Gasteiger partial charge in [-0.1, -0.05) is 60.2 Å². The number of carbonyl (C=O) groups is 3. The van der Waals surface area contributed by atoms with Crippen molar-refractivity contribution in [2.75, 3.05) is 13.1 Å². The van der Waals surface area contributed by atoms with Gasteiger partial charge < -0.3 is 15.5 Å². The maximum Gasteiger partial charge on any atom is 0.272 e. The average molecular weight is 460 g/mol. The monoisotopic (exact) mass is 459 g/mol. The number of hydrogen-bond acceptors (Lipinski definition) is 4. The van der Waals surface area contributed by atoms with E-state index in [-0.39, 0.29) is 30.5 Å². The lowest BCUT2D eigenvalue weighted by molar-refractivity contribution is -0.121. The van der Waals surface area contributed by atoms with Crippen LogP contribution >= 0.6 is 0 Å². The lowest BCUT2D eigenvalue weighted by Crippen LogP contribution is -2.31. The third-order valence-corrected chi connectivity index (χ3v) is 5.78. The van der Waals surface area contributed by atoms with Gasteiger partial charge in [-0.3, -0.25) is 19.1 Å². The van der Waals surface area contributed by atoms with Gasteiger partial charge in [0.15, 0.2) is 5.69 Å². The molecule has 0 fully saturated rings. The molecule has 3 aromatic rings. The molecule has 0 radical (unpaired) electrons. The highest BCUT2D eigenvalue weighted by Crippen LogP contribution is 2.17. The van der Waals surface area contributed by atoms with E-state index in [1.807, 2.05) is 61.5 Å². The van der Waals surface area contributed by atoms with Crippen LogP contribution in [-0.4, -0.2) is 45.5 Å². The molecule has 1 aliphatic heterocycles. The van der Waals surface area contributed by atoms with Crippen molar-refractivity contribution in [1.29, 1.82) is 0 Å². The zero-order chi connectivity index (χ0) is 23.9. The first-order valence-corrected chi connectivity index (χ1v) is 11.5. The van der Waals surface area contributed by atoms with E-state index in [0.29, 0.717) is 31.9 Å². The zero-order valence-electron chi connectivity index (χ0n) is 19.3. The van der Waals surface area contributed by atoms with Gasteiger partial charge in [0.2, 0.25) is 5.91 Å². The van der Waals surface area contributed by atoms with Crippen molar-refractivity contribution in [1.82, 2.24) is 25.3 Å². The van der Waals surface area contributed by atoms with Crippen LogP contribution in [0.4, 0.5) is 0 Å². The van der Waals surface area contributed by atoms with Gasteiger partial charge in [-0.15, -0.1) is 0 Å². The second-order valence-electron chi connectivity index (χ2n) is 8.47. The van der Waals surface area contributed by atoms with Crippen molar-refractivity contribution in [2.45, 2.75) is 39.4 Å². The fourth-order valence-corrected chi connectivity index (χ4v) is 3.87. The molecule has 8 nitrogen and oxygen atoms in total. The molecule has 2 aromatic carbocycles. The minimum atomic E-state index is -0.394. The highest BCUT2D eigenvalue weighted by atomic mass is 16.2. The first-order chi connectivity index (χ1) is 16.5. The molecule has 4 rings (SSSR count). The Balaban J connectivity index is 1.30. The Morgan fingerprint density at radius 3 is 2.50 bits per heavy atom. The van der Waals surface area contributed by atoms with Gasteiger partial charge in [0.05, 0.1) is 0 Å². The molecule has 1 aromatic heterocycles. The number of aromatic nitrogens is 2. The Bertz CT molecular complexity index is 1150. The van der Waals surface area contributed by atoms with Gasteiger partial charge >= 0.3 is 0 Å². The maximum atomic E-state index is 13.1. The molecule has 0 aliphatic carbocycles. The Morgan fingerprint density at radius 1 is 0.971 bits per heavy atom. The van der Waals surface area contributed by atoms with Crippen molar-refractivity contribution >= 4 is 17.7 Å². The van der Waals surface area contributed by atoms with E-state index in [1.165, 1.54) is 5.56 Å². The topological polar surface area (TPSA) is 96.3 Å². The molecule has 176 valence electrons. The smallest absolute Gasteiger partial charge is 0.272 e. The number of rotatable bonds is 8. The van der Waals surface area contributed by atoms with Crippen molar-refractivity contribution in [3.63, 3.8) is 0 Å². The number of nitrogens with zero attached hydrogens (tertiary/aromatic N) is 3. The minimum absolute atomic E-state index is 0.134. The molecule has 0 unspecified atom stereocenters. The molecule has 0 atom stereocenters. The van der Waals surface area contributed by atoms with Crippen molar-refractivity contribution in [3.05, 3.63) is 88.7 Å². The molecule has 0 spiro atoms. The number of hydrogen-bond donors (Lipinski definition) is 2. The summed E-state index contributed by atoms with van der Waals surface area (Å²) >= 11 is 0. The van der Waals surface area contributed by atoms with Crippen LogP contribution in [0.1, 0.15) is 50.5 Å². The summed E-state index contributed by atoms with van der Waals surface area (Å²) in [6, 6.07) is 19.3. The summed E-state index contributed by atoms with van der Waals surface area (Å²) in [6.45, 7) is 4.39. The Labute approximate surface area is 199 Å². The van der Waals surface area contributed by atoms with Crippen LogP contribution in [0.5, 0.6) is 0 Å². The Hall–Kier alpha value is -3.94. The van der Waals surface area contributed by atoms with Crippen LogP contribution in [0.2, 0.25) is 0 Å². The third-order valence-electron chi connectivity index (χ3n) is 5.78. The molecule has 3 amide bonds. The summed E-state index contributed by atoms with van der Waals surface area (Å²) in [4.78, 5) is 39.5. The molecule has 0 bridgehead atoms. The second kappa shape index (κ2) is 10.8. The van der Waals surface area contributed by atoms with Crippen LogP contribution in [0.25, 0.3) is 0 Å². The average Bonchev–Trinajstić information content (AvgIpc) is 3.22. The van der Waals surface area contributed by atoms with Gasteiger partial charge in [-0.2, -0.15) is 5.10 Å². The van der Waals surface area contributed by atoms with Crippen LogP contribution in [-0.2, 0) is 24.4 Å². The van der Waals surface area contributed by atoms with E-state index < -0.39 is 5.91 Å². The summed E-state index contributed by atoms with van der Waals surface area (Å²) in [5.74, 6) is -0.675. The Kier molecular flexibility index (Phi) is 7.37. The van der Waals surface area contributed by atoms with Crippen LogP contribution in [0.15, 0.2) is 60.7 Å². The summed E-state index contributed by atoms with van der Waals surface area (Å²) in [7, 11) is 0. The van der Waals surface area contributed by atoms with E-state index in [4.69, 9.17) is 0 Å². The van der Waals surface area contributed by atoms with Gasteiger partial charge in [-0.05, 0) is 24.5 Å². The molecular weight excluding hydrogens is 430 g/mol. The fourth-order valence-electron chi connectivity index (χ4n) is 3.87. The molecule has 2 heterocycles. The number of fused-ring (bicyclic) bond motifs is 1. The van der Waals surface area contributed by atoms with Gasteiger partial charge in [0.1, 0.15) is 5.69 Å². The molecule has 0 saturated carbocycles. The van der Waals surface area contributed by atoms with E-state index in [0.717, 1.165) is 17.5 Å². The number of benzene rings is 2. The van der Waals surface area contributed by atoms with Crippen LogP contribution < -0.4 is 10.6 Å². The van der Waals surface area contributed by atoms with Crippen molar-refractivity contribution in [3.8, 4) is 0 Å². The third kappa shape index (κ3) is 5.89. The number of amides is 3. The number of aryl methyl sites for hydroxylation is 2. The first-order valence-electron chi connectivity index (χ1n) is 11.5. The summed E-state index contributed by atoms with van der Waals surface area (Å²) in [5, 5.41) is 9.90. The van der Waals surface area contributed by atoms with E-state index in [2.05, 4.69) is 15.7 Å². The molecular formula is C26H29N5O3. The molecule has 8 heteroatoms. The molecule has 1 aliphatic rings. The zero-order valence-corrected chi connectivity index (χ0v) is 19.3. The minimum Gasteiger partial charge on any atom is -0.352 e. The summed E-state index contributed by atoms with van der Waals surface area (Å²) in [6.07, 6.45) is 0.921. The number of nitrogens with one attached hydrogen (secondary N) is 2. The number of carbonyl (C=O) groups excluding carboxylic acids is 3. The molecule has 0 saturated heterocycles. The highest BCUT2D eigenvalue weighted by Gasteiger charge is 2.26. The van der Waals surface area contributed by atoms with E-state index in [1.54, 1.807) is 15.6 Å². The highest BCUT2D eigenvalue weighted by molar-refractivity contribution is 5.98. The van der Waals surface area contributed by atoms with E-state index in [9.17, 15) is 14.4 Å². The quantitative estimate of drug-likeness (QED) is 0.541. The second-order valence-corrected chi connectivity index (χ2v) is 8.47. The predicted octanol–water partition coefficient (Wildman–Crippen LogP) is 2.67. The SMILES string of the molecule is Cc1ccc(CN2CCCn3nc(C(=O)NCCC(=O)NCc4ccccc4)cc3C2=O)cc1. The molecule has 34 heavy (non-hydrogen) atoms. The predicted molar refractivity (Wildman–Crippen MR) is 128 cm³/mol. The summed E-state index contributed by atoms with van der Waals surface area (Å²) < 4.78 is 1.61. The Morgan fingerprint density at radius 2 is 1.74 bits per heavy atom. The normalized spacial score (nSPS) is 13.2. The van der Waals surface area contributed by atoms with Crippen molar-refractivity contribution in [2.24, 2.45) is 0 Å². The van der Waals surface area contributed by atoms with Crippen LogP contribution in [0.3, 0.4) is 0 Å². The van der Waals surface area contributed by atoms with Gasteiger partial charge in [0.25, 0.3) is 11.8 Å².